The summed E-state index contributed by atoms with van der Waals surface area (Å²) in [6.07, 6.45) is 4.27. The molecular weight excluding hydrogens is 468 g/mol. The number of amides is 2. The van der Waals surface area contributed by atoms with Crippen LogP contribution in [0.15, 0.2) is 88.7 Å². The van der Waals surface area contributed by atoms with Gasteiger partial charge in [0.05, 0.1) is 13.0 Å². The highest BCUT2D eigenvalue weighted by molar-refractivity contribution is 7.99. The summed E-state index contributed by atoms with van der Waals surface area (Å²) >= 11 is 1.63. The molecular formula is C30H36N2O3S. The maximum absolute atomic E-state index is 13.1. The van der Waals surface area contributed by atoms with E-state index >= 15 is 0 Å². The predicted octanol–water partition coefficient (Wildman–Crippen LogP) is 6.89. The van der Waals surface area contributed by atoms with Gasteiger partial charge in [0.2, 0.25) is 0 Å². The van der Waals surface area contributed by atoms with Crippen LogP contribution in [0.25, 0.3) is 0 Å². The van der Waals surface area contributed by atoms with E-state index in [1.807, 2.05) is 66.4 Å². The van der Waals surface area contributed by atoms with E-state index in [1.165, 1.54) is 5.56 Å². The van der Waals surface area contributed by atoms with E-state index in [9.17, 15) is 9.59 Å². The topological polar surface area (TPSA) is 58.6 Å². The molecule has 0 unspecified atom stereocenters. The number of carbonyl (C=O) groups excluding carboxylic acids is 2. The number of hydrogen-bond donors (Lipinski definition) is 1. The second kappa shape index (κ2) is 15.0. The first-order chi connectivity index (χ1) is 17.6. The fourth-order valence-electron chi connectivity index (χ4n) is 3.80. The summed E-state index contributed by atoms with van der Waals surface area (Å²) in [6, 6.07) is 26.2. The molecule has 0 aliphatic heterocycles. The highest BCUT2D eigenvalue weighted by Crippen LogP contribution is 2.31. The number of nitrogens with zero attached hydrogens (tertiary/aromatic N) is 1. The van der Waals surface area contributed by atoms with Crippen LogP contribution in [0.3, 0.4) is 0 Å². The Hall–Kier alpha value is -3.25. The molecule has 0 aliphatic rings. The third-order valence-corrected chi connectivity index (χ3v) is 6.71. The second-order valence-corrected chi connectivity index (χ2v) is 9.70. The van der Waals surface area contributed by atoms with Gasteiger partial charge < -0.3 is 10.1 Å². The lowest BCUT2D eigenvalue weighted by Crippen LogP contribution is -2.41. The summed E-state index contributed by atoms with van der Waals surface area (Å²) in [7, 11) is 0. The minimum Gasteiger partial charge on any atom is -0.466 e. The van der Waals surface area contributed by atoms with Gasteiger partial charge in [0.25, 0.3) is 0 Å². The third kappa shape index (κ3) is 9.08. The number of nitrogens with one attached hydrogen (secondary N) is 1. The molecule has 0 bridgehead atoms. The smallest absolute Gasteiger partial charge is 0.321 e. The molecule has 0 atom stereocenters. The van der Waals surface area contributed by atoms with Crippen LogP contribution in [0.4, 0.5) is 10.5 Å². The maximum atomic E-state index is 13.1. The lowest BCUT2D eigenvalue weighted by atomic mass is 10.1. The lowest BCUT2D eigenvalue weighted by molar-refractivity contribution is -0.142. The van der Waals surface area contributed by atoms with E-state index in [4.69, 9.17) is 4.74 Å². The van der Waals surface area contributed by atoms with Crippen molar-refractivity contribution < 1.29 is 14.3 Å². The van der Waals surface area contributed by atoms with Gasteiger partial charge in [0, 0.05) is 28.6 Å². The van der Waals surface area contributed by atoms with Crippen LogP contribution in [0.1, 0.15) is 44.2 Å². The average molecular weight is 505 g/mol. The standard InChI is InChI=1S/C30H36N2O3S/c1-3-5-9-20-31-30(34)32(21-19-24-11-7-6-8-12-24)26-13-10-14-28(23-26)36-27-17-15-25(16-18-27)22-29(33)35-4-2/h6-8,10-18,23H,3-5,9,19-22H2,1-2H3,(H,31,34). The van der Waals surface area contributed by atoms with E-state index in [0.29, 0.717) is 19.7 Å². The van der Waals surface area contributed by atoms with Gasteiger partial charge in [-0.25, -0.2) is 4.79 Å². The molecule has 2 amide bonds. The number of anilines is 1. The zero-order valence-electron chi connectivity index (χ0n) is 21.2. The van der Waals surface area contributed by atoms with Crippen LogP contribution >= 0.6 is 11.8 Å². The minimum absolute atomic E-state index is 0.0625. The fourth-order valence-corrected chi connectivity index (χ4v) is 4.67. The summed E-state index contributed by atoms with van der Waals surface area (Å²) in [5.74, 6) is -0.214. The largest absolute Gasteiger partial charge is 0.466 e. The molecule has 3 aromatic carbocycles. The molecule has 0 spiro atoms. The van der Waals surface area contributed by atoms with Crippen molar-refractivity contribution in [2.45, 2.75) is 55.7 Å². The molecule has 3 aromatic rings. The normalized spacial score (nSPS) is 10.6. The molecule has 36 heavy (non-hydrogen) atoms. The van der Waals surface area contributed by atoms with Crippen LogP contribution in [0, 0.1) is 0 Å². The first-order valence-corrected chi connectivity index (χ1v) is 13.5. The summed E-state index contributed by atoms with van der Waals surface area (Å²) in [4.78, 5) is 28.8. The molecule has 0 saturated carbocycles. The van der Waals surface area contributed by atoms with Crippen LogP contribution in [-0.4, -0.2) is 31.7 Å². The first kappa shape index (κ1) is 27.3. The molecule has 0 saturated heterocycles. The molecule has 1 N–H and O–H groups in total. The van der Waals surface area contributed by atoms with E-state index in [2.05, 4.69) is 36.5 Å². The van der Waals surface area contributed by atoms with Crippen molar-refractivity contribution in [2.75, 3.05) is 24.6 Å². The van der Waals surface area contributed by atoms with Gasteiger partial charge in [-0.1, -0.05) is 80.1 Å². The van der Waals surface area contributed by atoms with Gasteiger partial charge >= 0.3 is 12.0 Å². The van der Waals surface area contributed by atoms with Crippen LogP contribution in [0.5, 0.6) is 0 Å². The van der Waals surface area contributed by atoms with Gasteiger partial charge in [-0.15, -0.1) is 0 Å². The number of rotatable bonds is 13. The molecule has 0 aromatic heterocycles. The zero-order valence-corrected chi connectivity index (χ0v) is 22.1. The Labute approximate surface area is 219 Å². The number of benzene rings is 3. The Morgan fingerprint density at radius 2 is 1.64 bits per heavy atom. The van der Waals surface area contributed by atoms with Crippen molar-refractivity contribution >= 4 is 29.4 Å². The van der Waals surface area contributed by atoms with Crippen molar-refractivity contribution in [3.05, 3.63) is 90.0 Å². The molecule has 3 rings (SSSR count). The van der Waals surface area contributed by atoms with Gasteiger partial charge in [0.1, 0.15) is 0 Å². The Morgan fingerprint density at radius 3 is 2.36 bits per heavy atom. The van der Waals surface area contributed by atoms with Gasteiger partial charge in [-0.2, -0.15) is 0 Å². The molecule has 0 fully saturated rings. The van der Waals surface area contributed by atoms with Crippen molar-refractivity contribution in [2.24, 2.45) is 0 Å². The van der Waals surface area contributed by atoms with Gasteiger partial charge in [-0.05, 0) is 61.2 Å². The number of hydrogen-bond acceptors (Lipinski definition) is 4. The first-order valence-electron chi connectivity index (χ1n) is 12.7. The highest BCUT2D eigenvalue weighted by atomic mass is 32.2. The van der Waals surface area contributed by atoms with Crippen LogP contribution in [0.2, 0.25) is 0 Å². The van der Waals surface area contributed by atoms with Crippen molar-refractivity contribution in [1.29, 1.82) is 0 Å². The fraction of sp³-hybridized carbons (Fsp3) is 0.333. The second-order valence-electron chi connectivity index (χ2n) is 8.55. The number of unbranched alkanes of at least 4 members (excludes halogenated alkanes) is 2. The number of urea groups is 1. The summed E-state index contributed by atoms with van der Waals surface area (Å²) in [5, 5.41) is 3.09. The van der Waals surface area contributed by atoms with E-state index in [-0.39, 0.29) is 18.4 Å². The van der Waals surface area contributed by atoms with Crippen molar-refractivity contribution in [3.8, 4) is 0 Å². The Balaban J connectivity index is 1.70. The SMILES string of the molecule is CCCCCNC(=O)N(CCc1ccccc1)c1cccc(Sc2ccc(CC(=O)OCC)cc2)c1. The van der Waals surface area contributed by atoms with E-state index < -0.39 is 0 Å². The van der Waals surface area contributed by atoms with Crippen LogP contribution < -0.4 is 10.2 Å². The minimum atomic E-state index is -0.214. The summed E-state index contributed by atoms with van der Waals surface area (Å²) in [6.45, 7) is 5.64. The quantitative estimate of drug-likeness (QED) is 0.203. The molecule has 6 heteroatoms. The zero-order chi connectivity index (χ0) is 25.6. The Kier molecular flexibility index (Phi) is 11.4. The monoisotopic (exact) mass is 504 g/mol. The Morgan fingerprint density at radius 1 is 0.861 bits per heavy atom. The lowest BCUT2D eigenvalue weighted by Gasteiger charge is -2.24. The van der Waals surface area contributed by atoms with Crippen molar-refractivity contribution in [3.63, 3.8) is 0 Å². The maximum Gasteiger partial charge on any atom is 0.321 e. The highest BCUT2D eigenvalue weighted by Gasteiger charge is 2.16. The number of carbonyl (C=O) groups is 2. The summed E-state index contributed by atoms with van der Waals surface area (Å²) < 4.78 is 5.03. The number of esters is 1. The Bertz CT molecular complexity index is 1090. The molecule has 190 valence electrons. The number of ether oxygens (including phenoxy) is 1. The molecule has 5 nitrogen and oxygen atoms in total. The third-order valence-electron chi connectivity index (χ3n) is 5.71. The molecule has 0 heterocycles. The summed E-state index contributed by atoms with van der Waals surface area (Å²) in [5.41, 5.74) is 3.01. The van der Waals surface area contributed by atoms with Gasteiger partial charge in [0.15, 0.2) is 0 Å². The molecule has 0 radical (unpaired) electrons. The van der Waals surface area contributed by atoms with E-state index in [1.54, 1.807) is 11.8 Å². The van der Waals surface area contributed by atoms with Crippen molar-refractivity contribution in [1.82, 2.24) is 5.32 Å². The predicted molar refractivity (Wildman–Crippen MR) is 148 cm³/mol. The van der Waals surface area contributed by atoms with E-state index in [0.717, 1.165) is 46.7 Å². The molecule has 0 aliphatic carbocycles. The average Bonchev–Trinajstić information content (AvgIpc) is 2.89. The van der Waals surface area contributed by atoms with Crippen LogP contribution in [-0.2, 0) is 22.4 Å². The van der Waals surface area contributed by atoms with Gasteiger partial charge in [-0.3, -0.25) is 9.69 Å².